The summed E-state index contributed by atoms with van der Waals surface area (Å²) < 4.78 is 6.90. The van der Waals surface area contributed by atoms with Crippen LogP contribution in [0.15, 0.2) is 0 Å². The second-order valence-corrected chi connectivity index (χ2v) is 6.61. The highest BCUT2D eigenvalue weighted by molar-refractivity contribution is 7.99. The van der Waals surface area contributed by atoms with Gasteiger partial charge in [-0.1, -0.05) is 13.3 Å². The molecular formula is C14H23N3O2S. The number of ether oxygens (including phenoxy) is 1. The van der Waals surface area contributed by atoms with Crippen molar-refractivity contribution in [2.24, 2.45) is 7.05 Å². The van der Waals surface area contributed by atoms with Gasteiger partial charge in [0.25, 0.3) is 5.91 Å². The van der Waals surface area contributed by atoms with E-state index in [1.165, 1.54) is 12.8 Å². The van der Waals surface area contributed by atoms with E-state index in [1.807, 2.05) is 18.7 Å². The third-order valence-corrected chi connectivity index (χ3v) is 5.07. The average molecular weight is 297 g/mol. The van der Waals surface area contributed by atoms with Crippen molar-refractivity contribution in [3.8, 4) is 5.88 Å². The lowest BCUT2D eigenvalue weighted by atomic mass is 10.2. The highest BCUT2D eigenvalue weighted by Crippen LogP contribution is 2.30. The van der Waals surface area contributed by atoms with Gasteiger partial charge in [0.05, 0.1) is 12.8 Å². The van der Waals surface area contributed by atoms with E-state index in [9.17, 15) is 4.79 Å². The van der Waals surface area contributed by atoms with E-state index in [0.29, 0.717) is 22.4 Å². The van der Waals surface area contributed by atoms with Crippen LogP contribution in [0, 0.1) is 6.92 Å². The summed E-state index contributed by atoms with van der Waals surface area (Å²) in [4.78, 5) is 12.5. The maximum Gasteiger partial charge on any atom is 0.258 e. The highest BCUT2D eigenvalue weighted by Gasteiger charge is 2.30. The first-order chi connectivity index (χ1) is 9.58. The Balaban J connectivity index is 2.12. The Labute approximate surface area is 124 Å². The maximum atomic E-state index is 12.5. The fourth-order valence-electron chi connectivity index (χ4n) is 2.88. The predicted molar refractivity (Wildman–Crippen MR) is 81.5 cm³/mol. The van der Waals surface area contributed by atoms with Crippen molar-refractivity contribution in [1.82, 2.24) is 15.1 Å². The zero-order chi connectivity index (χ0) is 14.7. The Morgan fingerprint density at radius 2 is 2.30 bits per heavy atom. The van der Waals surface area contributed by atoms with E-state index < -0.39 is 0 Å². The number of amides is 1. The Kier molecular flexibility index (Phi) is 4.96. The summed E-state index contributed by atoms with van der Waals surface area (Å²) >= 11 is 1.94. The molecule has 0 spiro atoms. The van der Waals surface area contributed by atoms with Gasteiger partial charge >= 0.3 is 0 Å². The monoisotopic (exact) mass is 297 g/mol. The topological polar surface area (TPSA) is 56.2 Å². The molecule has 2 rings (SSSR count). The van der Waals surface area contributed by atoms with E-state index in [2.05, 4.69) is 17.3 Å². The van der Waals surface area contributed by atoms with Crippen molar-refractivity contribution in [3.05, 3.63) is 11.3 Å². The summed E-state index contributed by atoms with van der Waals surface area (Å²) in [7, 11) is 3.35. The van der Waals surface area contributed by atoms with Crippen molar-refractivity contribution in [2.75, 3.05) is 12.9 Å². The highest BCUT2D eigenvalue weighted by atomic mass is 32.2. The molecule has 0 bridgehead atoms. The Morgan fingerprint density at radius 3 is 2.95 bits per heavy atom. The van der Waals surface area contributed by atoms with Crippen molar-refractivity contribution in [1.29, 1.82) is 0 Å². The van der Waals surface area contributed by atoms with Gasteiger partial charge in [0.1, 0.15) is 5.56 Å². The first-order valence-corrected chi connectivity index (χ1v) is 8.13. The van der Waals surface area contributed by atoms with Gasteiger partial charge in [-0.2, -0.15) is 16.9 Å². The number of rotatable bonds is 5. The van der Waals surface area contributed by atoms with E-state index in [1.54, 1.807) is 18.8 Å². The molecule has 1 aromatic rings. The number of methoxy groups -OCH3 is 1. The van der Waals surface area contributed by atoms with Crippen molar-refractivity contribution >= 4 is 17.7 Å². The van der Waals surface area contributed by atoms with E-state index in [4.69, 9.17) is 4.74 Å². The number of carbonyl (C=O) groups is 1. The number of nitrogens with zero attached hydrogens (tertiary/aromatic N) is 2. The number of aromatic nitrogens is 2. The van der Waals surface area contributed by atoms with Crippen LogP contribution in [-0.2, 0) is 7.05 Å². The van der Waals surface area contributed by atoms with Crippen LogP contribution in [-0.4, -0.2) is 39.8 Å². The lowest BCUT2D eigenvalue weighted by Crippen LogP contribution is -2.39. The summed E-state index contributed by atoms with van der Waals surface area (Å²) in [6, 6.07) is 0.261. The molecule has 0 aromatic carbocycles. The molecule has 1 aliphatic rings. The van der Waals surface area contributed by atoms with Gasteiger partial charge in [0.15, 0.2) is 0 Å². The molecule has 1 N–H and O–H groups in total. The minimum atomic E-state index is -0.0685. The number of carbonyl (C=O) groups excluding carboxylic acids is 1. The van der Waals surface area contributed by atoms with Crippen LogP contribution >= 0.6 is 11.8 Å². The Morgan fingerprint density at radius 1 is 1.55 bits per heavy atom. The summed E-state index contributed by atoms with van der Waals surface area (Å²) in [6.07, 6.45) is 3.43. The lowest BCUT2D eigenvalue weighted by molar-refractivity contribution is 0.0934. The van der Waals surface area contributed by atoms with Gasteiger partial charge in [-0.05, 0) is 25.5 Å². The van der Waals surface area contributed by atoms with Crippen molar-refractivity contribution in [2.45, 2.75) is 44.4 Å². The average Bonchev–Trinajstić information content (AvgIpc) is 2.94. The maximum absolute atomic E-state index is 12.5. The van der Waals surface area contributed by atoms with Gasteiger partial charge in [-0.3, -0.25) is 4.79 Å². The van der Waals surface area contributed by atoms with E-state index in [0.717, 1.165) is 12.2 Å². The molecule has 0 unspecified atom stereocenters. The molecule has 2 atom stereocenters. The molecule has 1 amide bonds. The predicted octanol–water partition coefficient (Wildman–Crippen LogP) is 2.14. The SMILES string of the molecule is CCS[C@@H]1CCC[C@@H]1NC(=O)c1c(C)nn(C)c1OC. The number of thioether (sulfide) groups is 1. The van der Waals surface area contributed by atoms with Gasteiger partial charge in [0.2, 0.25) is 5.88 Å². The first-order valence-electron chi connectivity index (χ1n) is 7.08. The van der Waals surface area contributed by atoms with Crippen LogP contribution in [0.1, 0.15) is 42.2 Å². The van der Waals surface area contributed by atoms with E-state index >= 15 is 0 Å². The summed E-state index contributed by atoms with van der Waals surface area (Å²) in [5, 5.41) is 7.96. The number of hydrogen-bond acceptors (Lipinski definition) is 4. The summed E-state index contributed by atoms with van der Waals surface area (Å²) in [6.45, 7) is 4.00. The zero-order valence-corrected chi connectivity index (χ0v) is 13.4. The van der Waals surface area contributed by atoms with Gasteiger partial charge in [-0.15, -0.1) is 0 Å². The minimum Gasteiger partial charge on any atom is -0.481 e. The summed E-state index contributed by atoms with van der Waals surface area (Å²) in [5.74, 6) is 1.55. The quantitative estimate of drug-likeness (QED) is 0.904. The fraction of sp³-hybridized carbons (Fsp3) is 0.714. The normalized spacial score (nSPS) is 22.0. The smallest absolute Gasteiger partial charge is 0.258 e. The van der Waals surface area contributed by atoms with Crippen molar-refractivity contribution in [3.63, 3.8) is 0 Å². The third kappa shape index (κ3) is 2.95. The fourth-order valence-corrected chi connectivity index (χ4v) is 4.08. The molecule has 112 valence electrons. The number of nitrogens with one attached hydrogen (secondary N) is 1. The summed E-state index contributed by atoms with van der Waals surface area (Å²) in [5.41, 5.74) is 1.27. The largest absolute Gasteiger partial charge is 0.481 e. The molecule has 0 radical (unpaired) electrons. The van der Waals surface area contributed by atoms with Crippen LogP contribution in [0.3, 0.4) is 0 Å². The molecular weight excluding hydrogens is 274 g/mol. The second-order valence-electron chi connectivity index (χ2n) is 5.10. The molecule has 6 heteroatoms. The molecule has 20 heavy (non-hydrogen) atoms. The molecule has 5 nitrogen and oxygen atoms in total. The second kappa shape index (κ2) is 6.52. The van der Waals surface area contributed by atoms with Crippen molar-refractivity contribution < 1.29 is 9.53 Å². The van der Waals surface area contributed by atoms with Crippen LogP contribution < -0.4 is 10.1 Å². The Bertz CT molecular complexity index is 487. The molecule has 1 heterocycles. The van der Waals surface area contributed by atoms with Gasteiger partial charge in [-0.25, -0.2) is 4.68 Å². The van der Waals surface area contributed by atoms with Crippen LogP contribution in [0.5, 0.6) is 5.88 Å². The van der Waals surface area contributed by atoms with Crippen LogP contribution in [0.25, 0.3) is 0 Å². The molecule has 1 aromatic heterocycles. The third-order valence-electron chi connectivity index (χ3n) is 3.74. The van der Waals surface area contributed by atoms with Gasteiger partial charge in [0, 0.05) is 18.3 Å². The number of hydrogen-bond donors (Lipinski definition) is 1. The molecule has 1 aliphatic carbocycles. The molecule has 1 saturated carbocycles. The standard InChI is InChI=1S/C14H23N3O2S/c1-5-20-11-8-6-7-10(11)15-13(18)12-9(2)16-17(3)14(12)19-4/h10-11H,5-8H2,1-4H3,(H,15,18)/t10-,11+/m0/s1. The first kappa shape index (κ1) is 15.2. The molecule has 0 saturated heterocycles. The Hall–Kier alpha value is -1.17. The molecule has 0 aliphatic heterocycles. The number of aryl methyl sites for hydroxylation is 2. The minimum absolute atomic E-state index is 0.0685. The zero-order valence-electron chi connectivity index (χ0n) is 12.6. The lowest BCUT2D eigenvalue weighted by Gasteiger charge is -2.20. The van der Waals surface area contributed by atoms with E-state index in [-0.39, 0.29) is 11.9 Å². The van der Waals surface area contributed by atoms with Gasteiger partial charge < -0.3 is 10.1 Å². The van der Waals surface area contributed by atoms with Crippen LogP contribution in [0.2, 0.25) is 0 Å². The van der Waals surface area contributed by atoms with Crippen LogP contribution in [0.4, 0.5) is 0 Å². The molecule has 1 fully saturated rings.